The molecule has 0 saturated carbocycles. The highest BCUT2D eigenvalue weighted by Crippen LogP contribution is 2.28. The van der Waals surface area contributed by atoms with Crippen molar-refractivity contribution in [3.63, 3.8) is 0 Å². The molecule has 2 heterocycles. The van der Waals surface area contributed by atoms with E-state index in [-0.39, 0.29) is 11.9 Å². The largest absolute Gasteiger partial charge is 0.361 e. The fourth-order valence-electron chi connectivity index (χ4n) is 5.24. The van der Waals surface area contributed by atoms with Gasteiger partial charge in [0.05, 0.1) is 6.04 Å². The average molecular weight is 461 g/mol. The number of hydrogen-bond acceptors (Lipinski definition) is 3. The van der Waals surface area contributed by atoms with Gasteiger partial charge < -0.3 is 15.6 Å². The number of carbonyl (C=O) groups is 1. The van der Waals surface area contributed by atoms with Crippen LogP contribution in [0.25, 0.3) is 10.9 Å². The second-order valence-corrected chi connectivity index (χ2v) is 9.66. The number of benzene rings is 2. The number of rotatable bonds is 11. The average Bonchev–Trinajstić information content (AvgIpc) is 3.28. The number of amides is 1. The van der Waals surface area contributed by atoms with Gasteiger partial charge in [-0.3, -0.25) is 9.69 Å². The maximum absolute atomic E-state index is 13.3. The molecular formula is C29H40N4O. The Hall–Kier alpha value is -2.63. The second-order valence-electron chi connectivity index (χ2n) is 9.66. The van der Waals surface area contributed by atoms with E-state index in [0.29, 0.717) is 24.9 Å². The Morgan fingerprint density at radius 3 is 2.71 bits per heavy atom. The van der Waals surface area contributed by atoms with Crippen LogP contribution in [0.4, 0.5) is 0 Å². The first-order valence-electron chi connectivity index (χ1n) is 13.0. The summed E-state index contributed by atoms with van der Waals surface area (Å²) in [6, 6.07) is 17.2. The summed E-state index contributed by atoms with van der Waals surface area (Å²) in [6.07, 6.45) is 6.06. The van der Waals surface area contributed by atoms with Crippen molar-refractivity contribution >= 4 is 16.8 Å². The van der Waals surface area contributed by atoms with Crippen LogP contribution in [0.3, 0.4) is 0 Å². The lowest BCUT2D eigenvalue weighted by Gasteiger charge is -2.35. The van der Waals surface area contributed by atoms with Crippen molar-refractivity contribution in [1.29, 1.82) is 0 Å². The molecule has 0 saturated heterocycles. The van der Waals surface area contributed by atoms with Gasteiger partial charge in [0, 0.05) is 42.8 Å². The number of H-pyrrole nitrogens is 1. The van der Waals surface area contributed by atoms with Gasteiger partial charge in [0.25, 0.3) is 0 Å². The molecule has 5 nitrogen and oxygen atoms in total. The Morgan fingerprint density at radius 2 is 1.88 bits per heavy atom. The minimum Gasteiger partial charge on any atom is -0.361 e. The van der Waals surface area contributed by atoms with Gasteiger partial charge in [0.1, 0.15) is 0 Å². The van der Waals surface area contributed by atoms with Crippen LogP contribution >= 0.6 is 0 Å². The van der Waals surface area contributed by atoms with Crippen molar-refractivity contribution in [2.75, 3.05) is 26.2 Å². The summed E-state index contributed by atoms with van der Waals surface area (Å²) in [7, 11) is 0. The molecular weight excluding hydrogens is 420 g/mol. The standard InChI is InChI=1S/C29H40N4O/c1-4-22(5-2)19-31-28(18-24-20-32-27-13-9-8-12-26(24)27)29(34)30-15-17-33-16-14-23-10-6-7-11-25(23)21(33)3/h6-13,20-22,28,31-32H,4-5,14-19H2,1-3H3,(H,30,34)/t21?,28-/m1/s1. The van der Waals surface area contributed by atoms with Gasteiger partial charge in [-0.15, -0.1) is 0 Å². The minimum atomic E-state index is -0.237. The Bertz CT molecular complexity index is 1070. The van der Waals surface area contributed by atoms with E-state index < -0.39 is 0 Å². The third-order valence-corrected chi connectivity index (χ3v) is 7.64. The molecule has 1 amide bonds. The van der Waals surface area contributed by atoms with Crippen molar-refractivity contribution in [2.24, 2.45) is 5.92 Å². The number of fused-ring (bicyclic) bond motifs is 2. The molecule has 3 N–H and O–H groups in total. The number of aromatic amines is 1. The van der Waals surface area contributed by atoms with Crippen LogP contribution in [0.5, 0.6) is 0 Å². The lowest BCUT2D eigenvalue weighted by atomic mass is 9.94. The van der Waals surface area contributed by atoms with Crippen LogP contribution in [-0.4, -0.2) is 48.0 Å². The van der Waals surface area contributed by atoms with E-state index in [1.807, 2.05) is 6.07 Å². The van der Waals surface area contributed by atoms with Crippen molar-refractivity contribution in [3.8, 4) is 0 Å². The summed E-state index contributed by atoms with van der Waals surface area (Å²) in [4.78, 5) is 19.1. The molecule has 1 aliphatic rings. The first-order valence-corrected chi connectivity index (χ1v) is 13.0. The van der Waals surface area contributed by atoms with E-state index in [9.17, 15) is 4.79 Å². The molecule has 1 unspecified atom stereocenters. The third kappa shape index (κ3) is 5.70. The van der Waals surface area contributed by atoms with E-state index in [1.54, 1.807) is 0 Å². The van der Waals surface area contributed by atoms with Crippen molar-refractivity contribution < 1.29 is 4.79 Å². The topological polar surface area (TPSA) is 60.2 Å². The summed E-state index contributed by atoms with van der Waals surface area (Å²) in [5.74, 6) is 0.689. The van der Waals surface area contributed by atoms with E-state index >= 15 is 0 Å². The third-order valence-electron chi connectivity index (χ3n) is 7.64. The van der Waals surface area contributed by atoms with Crippen molar-refractivity contribution in [3.05, 3.63) is 71.4 Å². The van der Waals surface area contributed by atoms with Gasteiger partial charge in [0.2, 0.25) is 5.91 Å². The fourth-order valence-corrected chi connectivity index (χ4v) is 5.24. The SMILES string of the molecule is CCC(CC)CN[C@H](Cc1c[nH]c2ccccc12)C(=O)NCCN1CCc2ccccc2C1C. The molecule has 1 aliphatic heterocycles. The predicted octanol–water partition coefficient (Wildman–Crippen LogP) is 4.84. The van der Waals surface area contributed by atoms with Gasteiger partial charge in [0.15, 0.2) is 0 Å². The smallest absolute Gasteiger partial charge is 0.237 e. The van der Waals surface area contributed by atoms with Crippen molar-refractivity contribution in [1.82, 2.24) is 20.5 Å². The maximum atomic E-state index is 13.3. The molecule has 0 radical (unpaired) electrons. The molecule has 2 aromatic carbocycles. The zero-order chi connectivity index (χ0) is 23.9. The molecule has 5 heteroatoms. The number of nitrogens with zero attached hydrogens (tertiary/aromatic N) is 1. The molecule has 1 aromatic heterocycles. The number of aromatic nitrogens is 1. The van der Waals surface area contributed by atoms with Gasteiger partial charge >= 0.3 is 0 Å². The molecule has 2 atom stereocenters. The molecule has 0 spiro atoms. The van der Waals surface area contributed by atoms with E-state index in [1.165, 1.54) is 22.1 Å². The van der Waals surface area contributed by atoms with Crippen LogP contribution < -0.4 is 10.6 Å². The van der Waals surface area contributed by atoms with Gasteiger partial charge in [-0.2, -0.15) is 0 Å². The summed E-state index contributed by atoms with van der Waals surface area (Å²) < 4.78 is 0. The molecule has 0 bridgehead atoms. The van der Waals surface area contributed by atoms with Gasteiger partial charge in [-0.1, -0.05) is 69.2 Å². The van der Waals surface area contributed by atoms with E-state index in [0.717, 1.165) is 44.4 Å². The zero-order valence-corrected chi connectivity index (χ0v) is 20.9. The highest BCUT2D eigenvalue weighted by atomic mass is 16.2. The number of para-hydroxylation sites is 1. The van der Waals surface area contributed by atoms with Gasteiger partial charge in [-0.05, 0) is 55.0 Å². The number of carbonyl (C=O) groups excluding carboxylic acids is 1. The second kappa shape index (κ2) is 11.7. The lowest BCUT2D eigenvalue weighted by molar-refractivity contribution is -0.123. The van der Waals surface area contributed by atoms with E-state index in [4.69, 9.17) is 0 Å². The van der Waals surface area contributed by atoms with Crippen LogP contribution in [0, 0.1) is 5.92 Å². The highest BCUT2D eigenvalue weighted by Gasteiger charge is 2.24. The normalized spacial score (nSPS) is 17.1. The number of hydrogen-bond donors (Lipinski definition) is 3. The van der Waals surface area contributed by atoms with E-state index in [2.05, 4.69) is 90.0 Å². The summed E-state index contributed by atoms with van der Waals surface area (Å²) in [5.41, 5.74) is 5.19. The Labute approximate surface area is 204 Å². The highest BCUT2D eigenvalue weighted by molar-refractivity contribution is 5.86. The number of nitrogens with one attached hydrogen (secondary N) is 3. The summed E-state index contributed by atoms with van der Waals surface area (Å²) >= 11 is 0. The molecule has 0 aliphatic carbocycles. The minimum absolute atomic E-state index is 0.0984. The maximum Gasteiger partial charge on any atom is 0.237 e. The Kier molecular flexibility index (Phi) is 8.41. The molecule has 34 heavy (non-hydrogen) atoms. The summed E-state index contributed by atoms with van der Waals surface area (Å²) in [5, 5.41) is 8.04. The zero-order valence-electron chi connectivity index (χ0n) is 20.9. The van der Waals surface area contributed by atoms with Crippen molar-refractivity contribution in [2.45, 2.75) is 58.5 Å². The van der Waals surface area contributed by atoms with Crippen LogP contribution in [0.1, 0.15) is 56.3 Å². The molecule has 4 rings (SSSR count). The van der Waals surface area contributed by atoms with Crippen LogP contribution in [-0.2, 0) is 17.6 Å². The predicted molar refractivity (Wildman–Crippen MR) is 141 cm³/mol. The first-order chi connectivity index (χ1) is 16.6. The molecule has 3 aromatic rings. The first kappa shape index (κ1) is 24.5. The molecule has 0 fully saturated rings. The van der Waals surface area contributed by atoms with Crippen LogP contribution in [0.2, 0.25) is 0 Å². The van der Waals surface area contributed by atoms with Gasteiger partial charge in [-0.25, -0.2) is 0 Å². The Balaban J connectivity index is 1.37. The summed E-state index contributed by atoms with van der Waals surface area (Å²) in [6.45, 7) is 10.2. The van der Waals surface area contributed by atoms with Crippen LogP contribution in [0.15, 0.2) is 54.7 Å². The Morgan fingerprint density at radius 1 is 1.12 bits per heavy atom. The monoisotopic (exact) mass is 460 g/mol. The fraction of sp³-hybridized carbons (Fsp3) is 0.483. The lowest BCUT2D eigenvalue weighted by Crippen LogP contribution is -2.49. The quantitative estimate of drug-likeness (QED) is 0.384. The molecule has 182 valence electrons.